The van der Waals surface area contributed by atoms with E-state index in [1.54, 1.807) is 19.4 Å². The molecule has 0 aliphatic carbocycles. The van der Waals surface area contributed by atoms with Crippen LogP contribution in [0.2, 0.25) is 0 Å². The summed E-state index contributed by atoms with van der Waals surface area (Å²) in [6, 6.07) is 6.87. The van der Waals surface area contributed by atoms with Gasteiger partial charge in [0, 0.05) is 31.8 Å². The molecule has 0 amide bonds. The summed E-state index contributed by atoms with van der Waals surface area (Å²) in [5.41, 5.74) is 0.499. The SMILES string of the molecule is CCN(CC)C(CNC(=NC)NCc1cc2c(cc1OC(F)F)OCO2)c1ccco1.I. The number of likely N-dealkylation sites (N-methyl/N-ethyl adjacent to an activating group) is 1. The predicted octanol–water partition coefficient (Wildman–Crippen LogP) is 3.98. The summed E-state index contributed by atoms with van der Waals surface area (Å²) in [5.74, 6) is 2.27. The van der Waals surface area contributed by atoms with Gasteiger partial charge in [0.05, 0.1) is 12.3 Å². The lowest BCUT2D eigenvalue weighted by molar-refractivity contribution is -0.0505. The van der Waals surface area contributed by atoms with Crippen LogP contribution < -0.4 is 24.8 Å². The third kappa shape index (κ3) is 6.61. The van der Waals surface area contributed by atoms with Crippen molar-refractivity contribution in [3.05, 3.63) is 41.9 Å². The minimum absolute atomic E-state index is 0. The van der Waals surface area contributed by atoms with Crippen LogP contribution in [0.4, 0.5) is 8.78 Å². The topological polar surface area (TPSA) is 80.5 Å². The fourth-order valence-electron chi connectivity index (χ4n) is 3.46. The number of hydrogen-bond acceptors (Lipinski definition) is 6. The minimum Gasteiger partial charge on any atom is -0.468 e. The molecule has 0 bridgehead atoms. The average Bonchev–Trinajstić information content (AvgIpc) is 3.44. The molecule has 178 valence electrons. The Balaban J connectivity index is 0.00000363. The van der Waals surface area contributed by atoms with Gasteiger partial charge >= 0.3 is 6.61 Å². The van der Waals surface area contributed by atoms with Gasteiger partial charge in [-0.3, -0.25) is 9.89 Å². The molecule has 0 saturated carbocycles. The first-order valence-electron chi connectivity index (χ1n) is 10.1. The Morgan fingerprint density at radius 3 is 2.50 bits per heavy atom. The highest BCUT2D eigenvalue weighted by molar-refractivity contribution is 14.0. The molecule has 0 fully saturated rings. The van der Waals surface area contributed by atoms with E-state index >= 15 is 0 Å². The number of nitrogens with one attached hydrogen (secondary N) is 2. The third-order valence-electron chi connectivity index (χ3n) is 5.03. The molecule has 2 heterocycles. The van der Waals surface area contributed by atoms with Gasteiger partial charge in [0.2, 0.25) is 6.79 Å². The highest BCUT2D eigenvalue weighted by atomic mass is 127. The van der Waals surface area contributed by atoms with Crippen molar-refractivity contribution in [1.82, 2.24) is 15.5 Å². The maximum Gasteiger partial charge on any atom is 0.387 e. The average molecular weight is 566 g/mol. The zero-order chi connectivity index (χ0) is 22.2. The monoisotopic (exact) mass is 566 g/mol. The van der Waals surface area contributed by atoms with Gasteiger partial charge in [-0.1, -0.05) is 13.8 Å². The van der Waals surface area contributed by atoms with Crippen LogP contribution in [0, 0.1) is 0 Å². The molecule has 1 aromatic heterocycles. The molecule has 2 N–H and O–H groups in total. The normalized spacial score (nSPS) is 13.8. The Kier molecular flexibility index (Phi) is 10.3. The van der Waals surface area contributed by atoms with E-state index in [0.717, 1.165) is 18.8 Å². The van der Waals surface area contributed by atoms with Crippen LogP contribution in [0.5, 0.6) is 17.2 Å². The summed E-state index contributed by atoms with van der Waals surface area (Å²) in [5, 5.41) is 6.42. The van der Waals surface area contributed by atoms with Crippen LogP contribution in [0.25, 0.3) is 0 Å². The van der Waals surface area contributed by atoms with Crippen molar-refractivity contribution in [1.29, 1.82) is 0 Å². The van der Waals surface area contributed by atoms with E-state index in [0.29, 0.717) is 29.6 Å². The minimum atomic E-state index is -2.94. The fourth-order valence-corrected chi connectivity index (χ4v) is 3.46. The predicted molar refractivity (Wildman–Crippen MR) is 127 cm³/mol. The second-order valence-corrected chi connectivity index (χ2v) is 6.75. The largest absolute Gasteiger partial charge is 0.468 e. The van der Waals surface area contributed by atoms with E-state index < -0.39 is 6.61 Å². The number of aliphatic imine (C=N–C) groups is 1. The fraction of sp³-hybridized carbons (Fsp3) is 0.476. The number of hydrogen-bond donors (Lipinski definition) is 2. The number of alkyl halides is 2. The maximum absolute atomic E-state index is 12.8. The van der Waals surface area contributed by atoms with E-state index in [2.05, 4.69) is 39.1 Å². The summed E-state index contributed by atoms with van der Waals surface area (Å²) in [6.07, 6.45) is 1.66. The second-order valence-electron chi connectivity index (χ2n) is 6.75. The highest BCUT2D eigenvalue weighted by Gasteiger charge is 2.22. The van der Waals surface area contributed by atoms with E-state index in [-0.39, 0.29) is 49.1 Å². The number of benzene rings is 1. The van der Waals surface area contributed by atoms with Crippen LogP contribution in [0.3, 0.4) is 0 Å². The van der Waals surface area contributed by atoms with E-state index in [1.165, 1.54) is 6.07 Å². The molecular formula is C21H29F2IN4O4. The van der Waals surface area contributed by atoms with Gasteiger partial charge in [-0.05, 0) is 31.3 Å². The quantitative estimate of drug-likeness (QED) is 0.256. The molecule has 1 aromatic carbocycles. The molecule has 1 aliphatic heterocycles. The lowest BCUT2D eigenvalue weighted by Gasteiger charge is -2.28. The van der Waals surface area contributed by atoms with Gasteiger partial charge in [-0.2, -0.15) is 8.78 Å². The number of fused-ring (bicyclic) bond motifs is 1. The number of guanidine groups is 1. The molecule has 1 atom stereocenters. The molecule has 3 rings (SSSR count). The second kappa shape index (κ2) is 12.7. The molecule has 32 heavy (non-hydrogen) atoms. The summed E-state index contributed by atoms with van der Waals surface area (Å²) >= 11 is 0. The zero-order valence-corrected chi connectivity index (χ0v) is 20.6. The Hall–Kier alpha value is -2.28. The van der Waals surface area contributed by atoms with Crippen molar-refractivity contribution in [2.45, 2.75) is 33.0 Å². The smallest absolute Gasteiger partial charge is 0.387 e. The number of rotatable bonds is 10. The van der Waals surface area contributed by atoms with E-state index in [9.17, 15) is 8.78 Å². The van der Waals surface area contributed by atoms with Crippen LogP contribution >= 0.6 is 24.0 Å². The van der Waals surface area contributed by atoms with Crippen molar-refractivity contribution in [2.75, 3.05) is 33.5 Å². The van der Waals surface area contributed by atoms with Crippen molar-refractivity contribution >= 4 is 29.9 Å². The Morgan fingerprint density at radius 2 is 1.91 bits per heavy atom. The summed E-state index contributed by atoms with van der Waals surface area (Å²) < 4.78 is 46.5. The molecule has 8 nitrogen and oxygen atoms in total. The molecule has 1 aliphatic rings. The number of nitrogens with zero attached hydrogens (tertiary/aromatic N) is 2. The van der Waals surface area contributed by atoms with Crippen molar-refractivity contribution in [2.24, 2.45) is 4.99 Å². The van der Waals surface area contributed by atoms with Gasteiger partial charge in [-0.15, -0.1) is 24.0 Å². The maximum atomic E-state index is 12.8. The lowest BCUT2D eigenvalue weighted by Crippen LogP contribution is -2.43. The van der Waals surface area contributed by atoms with Crippen LogP contribution in [-0.2, 0) is 6.54 Å². The van der Waals surface area contributed by atoms with Gasteiger partial charge < -0.3 is 29.3 Å². The molecule has 0 spiro atoms. The zero-order valence-electron chi connectivity index (χ0n) is 18.3. The van der Waals surface area contributed by atoms with Gasteiger partial charge in [-0.25, -0.2) is 0 Å². The van der Waals surface area contributed by atoms with Crippen LogP contribution in [0.15, 0.2) is 39.9 Å². The first-order valence-corrected chi connectivity index (χ1v) is 10.1. The molecule has 11 heteroatoms. The molecule has 0 radical (unpaired) electrons. The standard InChI is InChI=1S/C21H28F2N4O4.HI/c1-4-27(5-2)15(16-7-6-8-28-16)12-26-21(24-3)25-11-14-9-18-19(30-13-29-18)10-17(14)31-20(22)23;/h6-10,15,20H,4-5,11-13H2,1-3H3,(H2,24,25,26);1H. The van der Waals surface area contributed by atoms with E-state index in [4.69, 9.17) is 13.9 Å². The highest BCUT2D eigenvalue weighted by Crippen LogP contribution is 2.38. The lowest BCUT2D eigenvalue weighted by atomic mass is 10.1. The van der Waals surface area contributed by atoms with E-state index in [1.807, 2.05) is 12.1 Å². The number of ether oxygens (including phenoxy) is 3. The first-order chi connectivity index (χ1) is 15.0. The van der Waals surface area contributed by atoms with Crippen LogP contribution in [0.1, 0.15) is 31.2 Å². The molecule has 2 aromatic rings. The summed E-state index contributed by atoms with van der Waals surface area (Å²) in [7, 11) is 1.64. The summed E-state index contributed by atoms with van der Waals surface area (Å²) in [4.78, 5) is 6.50. The summed E-state index contributed by atoms with van der Waals surface area (Å²) in [6.45, 7) is 3.77. The Bertz CT molecular complexity index is 864. The van der Waals surface area contributed by atoms with Gasteiger partial charge in [0.15, 0.2) is 17.5 Å². The molecular weight excluding hydrogens is 537 g/mol. The van der Waals surface area contributed by atoms with Gasteiger partial charge in [0.1, 0.15) is 11.5 Å². The Labute approximate surface area is 203 Å². The molecule has 1 unspecified atom stereocenters. The van der Waals surface area contributed by atoms with Gasteiger partial charge in [0.25, 0.3) is 0 Å². The van der Waals surface area contributed by atoms with Crippen molar-refractivity contribution < 1.29 is 27.4 Å². The Morgan fingerprint density at radius 1 is 1.19 bits per heavy atom. The van der Waals surface area contributed by atoms with Crippen molar-refractivity contribution in [3.63, 3.8) is 0 Å². The third-order valence-corrected chi connectivity index (χ3v) is 5.03. The molecule has 0 saturated heterocycles. The van der Waals surface area contributed by atoms with Crippen LogP contribution in [-0.4, -0.2) is 50.9 Å². The number of halogens is 3. The van der Waals surface area contributed by atoms with Crippen molar-refractivity contribution in [3.8, 4) is 17.2 Å². The number of furan rings is 1. The first kappa shape index (κ1) is 26.0.